The van der Waals surface area contributed by atoms with Crippen molar-refractivity contribution in [2.45, 2.75) is 19.8 Å². The van der Waals surface area contributed by atoms with Gasteiger partial charge in [0.05, 0.1) is 0 Å². The van der Waals surface area contributed by atoms with Crippen LogP contribution < -0.4 is 0 Å². The highest BCUT2D eigenvalue weighted by Crippen LogP contribution is 2.13. The van der Waals surface area contributed by atoms with Crippen molar-refractivity contribution in [3.63, 3.8) is 0 Å². The maximum absolute atomic E-state index is 4.10. The molecule has 1 aromatic heterocycles. The molecule has 3 nitrogen and oxygen atoms in total. The minimum absolute atomic E-state index is 0.325. The number of halogens is 2. The fourth-order valence-electron chi connectivity index (χ4n) is 0.598. The summed E-state index contributed by atoms with van der Waals surface area (Å²) in [7, 11) is 0. The van der Waals surface area contributed by atoms with Crippen molar-refractivity contribution in [3.05, 3.63) is 15.3 Å². The van der Waals surface area contributed by atoms with Crippen molar-refractivity contribution in [1.29, 1.82) is 0 Å². The second kappa shape index (κ2) is 3.58. The zero-order valence-electron chi connectivity index (χ0n) is 6.17. The van der Waals surface area contributed by atoms with Gasteiger partial charge in [0.1, 0.15) is 5.82 Å². The van der Waals surface area contributed by atoms with Crippen molar-refractivity contribution >= 4 is 31.9 Å². The van der Waals surface area contributed by atoms with E-state index in [9.17, 15) is 0 Å². The Morgan fingerprint density at radius 3 is 1.82 bits per heavy atom. The lowest BCUT2D eigenvalue weighted by Crippen LogP contribution is -2.00. The van der Waals surface area contributed by atoms with Crippen LogP contribution in [0.3, 0.4) is 0 Å². The SMILES string of the molecule is CC(C)c1nc(Br)nc(Br)n1. The molecule has 1 rings (SSSR count). The largest absolute Gasteiger partial charge is 0.207 e. The van der Waals surface area contributed by atoms with E-state index in [4.69, 9.17) is 0 Å². The summed E-state index contributed by atoms with van der Waals surface area (Å²) in [6.07, 6.45) is 0. The Morgan fingerprint density at radius 1 is 1.00 bits per heavy atom. The van der Waals surface area contributed by atoms with E-state index in [2.05, 4.69) is 46.8 Å². The van der Waals surface area contributed by atoms with Crippen LogP contribution in [0, 0.1) is 0 Å². The number of nitrogens with zero attached hydrogens (tertiary/aromatic N) is 3. The summed E-state index contributed by atoms with van der Waals surface area (Å²) < 4.78 is 1.14. The van der Waals surface area contributed by atoms with Crippen LogP contribution in [-0.2, 0) is 0 Å². The molecule has 0 aromatic carbocycles. The van der Waals surface area contributed by atoms with Gasteiger partial charge < -0.3 is 0 Å². The molecule has 0 atom stereocenters. The Morgan fingerprint density at radius 2 is 1.45 bits per heavy atom. The molecular formula is C6H7Br2N3. The van der Waals surface area contributed by atoms with Crippen molar-refractivity contribution in [1.82, 2.24) is 15.0 Å². The Labute approximate surface area is 81.9 Å². The molecular weight excluding hydrogens is 274 g/mol. The summed E-state index contributed by atoms with van der Waals surface area (Å²) in [5.41, 5.74) is 0. The minimum atomic E-state index is 0.325. The molecule has 0 radical (unpaired) electrons. The Kier molecular flexibility index (Phi) is 2.95. The molecule has 0 fully saturated rings. The van der Waals surface area contributed by atoms with E-state index in [1.54, 1.807) is 0 Å². The molecule has 0 N–H and O–H groups in total. The molecule has 0 aliphatic heterocycles. The first-order valence-corrected chi connectivity index (χ1v) is 4.75. The van der Waals surface area contributed by atoms with Crippen LogP contribution in [0.25, 0.3) is 0 Å². The second-order valence-corrected chi connectivity index (χ2v) is 3.80. The number of hydrogen-bond acceptors (Lipinski definition) is 3. The van der Waals surface area contributed by atoms with Crippen LogP contribution in [-0.4, -0.2) is 15.0 Å². The van der Waals surface area contributed by atoms with Crippen LogP contribution in [0.4, 0.5) is 0 Å². The zero-order chi connectivity index (χ0) is 8.43. The average molecular weight is 281 g/mol. The summed E-state index contributed by atoms with van der Waals surface area (Å²) in [4.78, 5) is 12.1. The number of rotatable bonds is 1. The summed E-state index contributed by atoms with van der Waals surface area (Å²) in [6.45, 7) is 4.07. The highest BCUT2D eigenvalue weighted by molar-refractivity contribution is 9.11. The van der Waals surface area contributed by atoms with Crippen molar-refractivity contribution in [2.24, 2.45) is 0 Å². The standard InChI is InChI=1S/C6H7Br2N3/c1-3(2)4-9-5(7)11-6(8)10-4/h3H,1-2H3. The highest BCUT2D eigenvalue weighted by Gasteiger charge is 2.05. The van der Waals surface area contributed by atoms with Crippen molar-refractivity contribution in [2.75, 3.05) is 0 Å². The van der Waals surface area contributed by atoms with E-state index < -0.39 is 0 Å². The van der Waals surface area contributed by atoms with Gasteiger partial charge in [-0.15, -0.1) is 0 Å². The predicted octanol–water partition coefficient (Wildman–Crippen LogP) is 2.52. The lowest BCUT2D eigenvalue weighted by atomic mass is 10.2. The van der Waals surface area contributed by atoms with Gasteiger partial charge in [0.2, 0.25) is 9.47 Å². The van der Waals surface area contributed by atoms with Crippen molar-refractivity contribution < 1.29 is 0 Å². The first-order chi connectivity index (χ1) is 5.09. The normalized spacial score (nSPS) is 10.6. The van der Waals surface area contributed by atoms with Crippen LogP contribution in [0.15, 0.2) is 9.47 Å². The monoisotopic (exact) mass is 279 g/mol. The van der Waals surface area contributed by atoms with Crippen LogP contribution >= 0.6 is 31.9 Å². The van der Waals surface area contributed by atoms with E-state index in [1.807, 2.05) is 13.8 Å². The van der Waals surface area contributed by atoms with Gasteiger partial charge in [-0.05, 0) is 31.9 Å². The van der Waals surface area contributed by atoms with Gasteiger partial charge in [-0.2, -0.15) is 4.98 Å². The second-order valence-electron chi connectivity index (χ2n) is 2.39. The topological polar surface area (TPSA) is 38.7 Å². The molecule has 0 aliphatic rings. The summed E-state index contributed by atoms with van der Waals surface area (Å²) in [6, 6.07) is 0. The van der Waals surface area contributed by atoms with Gasteiger partial charge in [0.15, 0.2) is 0 Å². The van der Waals surface area contributed by atoms with E-state index in [0.717, 1.165) is 5.82 Å². The number of aromatic nitrogens is 3. The predicted molar refractivity (Wildman–Crippen MR) is 49.3 cm³/mol. The Balaban J connectivity index is 3.08. The van der Waals surface area contributed by atoms with E-state index in [-0.39, 0.29) is 0 Å². The average Bonchev–Trinajstić information content (AvgIpc) is 1.85. The number of hydrogen-bond donors (Lipinski definition) is 0. The quantitative estimate of drug-likeness (QED) is 0.793. The highest BCUT2D eigenvalue weighted by atomic mass is 79.9. The molecule has 0 saturated carbocycles. The first kappa shape index (κ1) is 9.06. The molecule has 0 amide bonds. The third-order valence-corrected chi connectivity index (χ3v) is 1.82. The van der Waals surface area contributed by atoms with Crippen molar-refractivity contribution in [3.8, 4) is 0 Å². The zero-order valence-corrected chi connectivity index (χ0v) is 9.35. The lowest BCUT2D eigenvalue weighted by molar-refractivity contribution is 0.742. The maximum Gasteiger partial charge on any atom is 0.200 e. The molecule has 1 aromatic rings. The van der Waals surface area contributed by atoms with Gasteiger partial charge in [0.25, 0.3) is 0 Å². The van der Waals surface area contributed by atoms with Gasteiger partial charge in [-0.1, -0.05) is 13.8 Å². The third kappa shape index (κ3) is 2.48. The van der Waals surface area contributed by atoms with E-state index >= 15 is 0 Å². The molecule has 0 bridgehead atoms. The lowest BCUT2D eigenvalue weighted by Gasteiger charge is -2.02. The summed E-state index contributed by atoms with van der Waals surface area (Å²) in [5, 5.41) is 0. The van der Waals surface area contributed by atoms with E-state index in [0.29, 0.717) is 15.4 Å². The Bertz CT molecular complexity index is 242. The Hall–Kier alpha value is -0.0300. The molecule has 60 valence electrons. The summed E-state index contributed by atoms with van der Waals surface area (Å²) in [5.74, 6) is 1.12. The van der Waals surface area contributed by atoms with Crippen LogP contribution in [0.5, 0.6) is 0 Å². The third-order valence-electron chi connectivity index (χ3n) is 1.11. The molecule has 5 heteroatoms. The van der Waals surface area contributed by atoms with Gasteiger partial charge in [0, 0.05) is 5.92 Å². The molecule has 0 aliphatic carbocycles. The molecule has 0 unspecified atom stereocenters. The summed E-state index contributed by atoms with van der Waals surface area (Å²) >= 11 is 6.38. The van der Waals surface area contributed by atoms with E-state index in [1.165, 1.54) is 0 Å². The fraction of sp³-hybridized carbons (Fsp3) is 0.500. The molecule has 0 saturated heterocycles. The van der Waals surface area contributed by atoms with Crippen LogP contribution in [0.1, 0.15) is 25.6 Å². The first-order valence-electron chi connectivity index (χ1n) is 3.16. The fourth-order valence-corrected chi connectivity index (χ4v) is 1.54. The van der Waals surface area contributed by atoms with Crippen LogP contribution in [0.2, 0.25) is 0 Å². The minimum Gasteiger partial charge on any atom is -0.207 e. The molecule has 1 heterocycles. The molecule has 11 heavy (non-hydrogen) atoms. The molecule has 0 spiro atoms. The van der Waals surface area contributed by atoms with Gasteiger partial charge in [-0.25, -0.2) is 9.97 Å². The smallest absolute Gasteiger partial charge is 0.200 e. The maximum atomic E-state index is 4.10. The van der Waals surface area contributed by atoms with Gasteiger partial charge >= 0.3 is 0 Å². The van der Waals surface area contributed by atoms with Gasteiger partial charge in [-0.3, -0.25) is 0 Å².